The van der Waals surface area contributed by atoms with E-state index in [1.165, 1.54) is 4.90 Å². The number of benzene rings is 2. The Bertz CT molecular complexity index is 1700. The smallest absolute Gasteiger partial charge is 0.407 e. The van der Waals surface area contributed by atoms with E-state index in [1.54, 1.807) is 0 Å². The summed E-state index contributed by atoms with van der Waals surface area (Å²) in [5.74, 6) is 0.944. The SMILES string of the molecule is CN1CCCC1COc1nc2c(c(N3CCN(C(=O)O)C(CC#N)C3)n1)CCN(c1cc(OC(=O)C(C)(C)C)cc3ccccc13)C2. The Labute approximate surface area is 275 Å². The van der Waals surface area contributed by atoms with Gasteiger partial charge in [-0.3, -0.25) is 4.79 Å². The third-order valence-electron chi connectivity index (χ3n) is 9.43. The Hall–Kier alpha value is -4.63. The highest BCUT2D eigenvalue weighted by Crippen LogP contribution is 2.37. The summed E-state index contributed by atoms with van der Waals surface area (Å²) in [5.41, 5.74) is 2.15. The standard InChI is InChI=1S/C35H43N7O5/c1-35(2,3)32(43)47-26-18-23-8-5-6-10-27(23)30(19-26)40-15-12-28-29(21-40)37-33(46-22-25-9-7-14-39(25)4)38-31(28)41-16-17-42(34(44)45)24(20-41)11-13-36/h5-6,8,10,18-19,24-25H,7,9,11-12,14-17,20-22H2,1-4H3,(H,44,45). The van der Waals surface area contributed by atoms with Crippen molar-refractivity contribution in [2.24, 2.45) is 5.41 Å². The van der Waals surface area contributed by atoms with Crippen LogP contribution >= 0.6 is 0 Å². The highest BCUT2D eigenvalue weighted by Gasteiger charge is 2.34. The number of nitriles is 1. The van der Waals surface area contributed by atoms with Gasteiger partial charge in [-0.1, -0.05) is 24.3 Å². The number of piperazine rings is 1. The van der Waals surface area contributed by atoms with E-state index in [-0.39, 0.29) is 18.9 Å². The number of hydrogen-bond acceptors (Lipinski definition) is 10. The molecule has 248 valence electrons. The first-order valence-corrected chi connectivity index (χ1v) is 16.4. The van der Waals surface area contributed by atoms with Crippen molar-refractivity contribution in [3.8, 4) is 17.8 Å². The van der Waals surface area contributed by atoms with Crippen LogP contribution in [0, 0.1) is 16.7 Å². The van der Waals surface area contributed by atoms with Gasteiger partial charge in [0, 0.05) is 54.9 Å². The minimum Gasteiger partial charge on any atom is -0.465 e. The largest absolute Gasteiger partial charge is 0.465 e. The van der Waals surface area contributed by atoms with Gasteiger partial charge in [0.15, 0.2) is 0 Å². The average Bonchev–Trinajstić information content (AvgIpc) is 3.46. The Morgan fingerprint density at radius 2 is 1.87 bits per heavy atom. The summed E-state index contributed by atoms with van der Waals surface area (Å²) in [6.07, 6.45) is 1.92. The molecule has 1 N–H and O–H groups in total. The van der Waals surface area contributed by atoms with Crippen LogP contribution in [0.5, 0.6) is 11.8 Å². The zero-order valence-electron chi connectivity index (χ0n) is 27.6. The van der Waals surface area contributed by atoms with Crippen molar-refractivity contribution >= 4 is 34.3 Å². The molecule has 2 fully saturated rings. The molecule has 2 unspecified atom stereocenters. The Balaban J connectivity index is 1.35. The average molecular weight is 642 g/mol. The number of esters is 1. The summed E-state index contributed by atoms with van der Waals surface area (Å²) >= 11 is 0. The van der Waals surface area contributed by atoms with Gasteiger partial charge in [0.25, 0.3) is 0 Å². The van der Waals surface area contributed by atoms with Gasteiger partial charge in [0.05, 0.1) is 36.2 Å². The molecule has 3 aliphatic heterocycles. The zero-order valence-corrected chi connectivity index (χ0v) is 27.6. The van der Waals surface area contributed by atoms with Gasteiger partial charge in [-0.15, -0.1) is 0 Å². The fourth-order valence-electron chi connectivity index (χ4n) is 6.70. The predicted octanol–water partition coefficient (Wildman–Crippen LogP) is 4.70. The molecule has 1 amide bonds. The number of likely N-dealkylation sites (tertiary alicyclic amines) is 1. The molecule has 6 rings (SSSR count). The molecule has 0 radical (unpaired) electrons. The number of anilines is 2. The summed E-state index contributed by atoms with van der Waals surface area (Å²) in [6.45, 7) is 9.29. The first kappa shape index (κ1) is 32.3. The number of likely N-dealkylation sites (N-methyl/N-ethyl adjacent to an activating group) is 1. The maximum Gasteiger partial charge on any atom is 0.407 e. The van der Waals surface area contributed by atoms with Crippen LogP contribution in [0.15, 0.2) is 36.4 Å². The Kier molecular flexibility index (Phi) is 9.10. The second kappa shape index (κ2) is 13.2. The second-order valence-corrected chi connectivity index (χ2v) is 13.8. The maximum atomic E-state index is 12.8. The van der Waals surface area contributed by atoms with Gasteiger partial charge in [0.1, 0.15) is 18.2 Å². The lowest BCUT2D eigenvalue weighted by Crippen LogP contribution is -2.55. The van der Waals surface area contributed by atoms with E-state index in [0.29, 0.717) is 57.0 Å². The van der Waals surface area contributed by atoms with Crippen LogP contribution < -0.4 is 19.3 Å². The summed E-state index contributed by atoms with van der Waals surface area (Å²) in [7, 11) is 2.10. The number of hydrogen-bond donors (Lipinski definition) is 1. The highest BCUT2D eigenvalue weighted by atomic mass is 16.5. The maximum absolute atomic E-state index is 12.8. The fourth-order valence-corrected chi connectivity index (χ4v) is 6.70. The van der Waals surface area contributed by atoms with Gasteiger partial charge in [0.2, 0.25) is 0 Å². The first-order chi connectivity index (χ1) is 22.5. The van der Waals surface area contributed by atoms with E-state index in [0.717, 1.165) is 52.9 Å². The van der Waals surface area contributed by atoms with Gasteiger partial charge >= 0.3 is 18.1 Å². The number of carbonyl (C=O) groups is 2. The first-order valence-electron chi connectivity index (χ1n) is 16.4. The molecule has 12 heteroatoms. The summed E-state index contributed by atoms with van der Waals surface area (Å²) < 4.78 is 12.1. The molecule has 2 saturated heterocycles. The lowest BCUT2D eigenvalue weighted by molar-refractivity contribution is -0.142. The molecule has 0 bridgehead atoms. The van der Waals surface area contributed by atoms with Gasteiger partial charge in [-0.25, -0.2) is 4.79 Å². The molecule has 0 aliphatic carbocycles. The Morgan fingerprint density at radius 3 is 2.60 bits per heavy atom. The van der Waals surface area contributed by atoms with Crippen LogP contribution in [0.4, 0.5) is 16.3 Å². The molecule has 4 heterocycles. The van der Waals surface area contributed by atoms with Gasteiger partial charge < -0.3 is 34.2 Å². The molecular formula is C35H43N7O5. The predicted molar refractivity (Wildman–Crippen MR) is 178 cm³/mol. The van der Waals surface area contributed by atoms with Crippen molar-refractivity contribution in [3.05, 3.63) is 47.7 Å². The van der Waals surface area contributed by atoms with Crippen molar-refractivity contribution in [3.63, 3.8) is 0 Å². The monoisotopic (exact) mass is 641 g/mol. The van der Waals surface area contributed by atoms with Crippen molar-refractivity contribution in [2.45, 2.75) is 65.1 Å². The van der Waals surface area contributed by atoms with Crippen LogP contribution in [-0.4, -0.2) is 95.4 Å². The molecule has 0 spiro atoms. The van der Waals surface area contributed by atoms with Crippen molar-refractivity contribution in [2.75, 3.05) is 56.2 Å². The number of nitrogens with zero attached hydrogens (tertiary/aromatic N) is 7. The van der Waals surface area contributed by atoms with E-state index < -0.39 is 17.6 Å². The summed E-state index contributed by atoms with van der Waals surface area (Å²) in [6, 6.07) is 14.2. The molecule has 12 nitrogen and oxygen atoms in total. The van der Waals surface area contributed by atoms with E-state index in [9.17, 15) is 20.0 Å². The minimum absolute atomic E-state index is 0.102. The van der Waals surface area contributed by atoms with Crippen molar-refractivity contribution in [1.82, 2.24) is 19.8 Å². The van der Waals surface area contributed by atoms with Crippen LogP contribution in [-0.2, 0) is 17.8 Å². The number of fused-ring (bicyclic) bond motifs is 2. The van der Waals surface area contributed by atoms with Crippen molar-refractivity contribution in [1.29, 1.82) is 5.26 Å². The molecule has 2 atom stereocenters. The van der Waals surface area contributed by atoms with E-state index >= 15 is 0 Å². The van der Waals surface area contributed by atoms with Crippen LogP contribution in [0.3, 0.4) is 0 Å². The number of carboxylic acid groups (broad SMARTS) is 1. The van der Waals surface area contributed by atoms with Gasteiger partial charge in [-0.2, -0.15) is 15.2 Å². The summed E-state index contributed by atoms with van der Waals surface area (Å²) in [4.78, 5) is 42.6. The number of aromatic nitrogens is 2. The third-order valence-corrected chi connectivity index (χ3v) is 9.43. The van der Waals surface area contributed by atoms with E-state index in [2.05, 4.69) is 33.9 Å². The summed E-state index contributed by atoms with van der Waals surface area (Å²) in [5, 5.41) is 21.2. The molecule has 2 aromatic carbocycles. The molecule has 47 heavy (non-hydrogen) atoms. The van der Waals surface area contributed by atoms with Crippen LogP contribution in [0.25, 0.3) is 10.8 Å². The van der Waals surface area contributed by atoms with E-state index in [1.807, 2.05) is 51.1 Å². The molecular weight excluding hydrogens is 598 g/mol. The number of carbonyl (C=O) groups excluding carboxylic acids is 1. The minimum atomic E-state index is -1.02. The highest BCUT2D eigenvalue weighted by molar-refractivity contribution is 5.96. The van der Waals surface area contributed by atoms with E-state index in [4.69, 9.17) is 19.4 Å². The normalized spacial score (nSPS) is 20.2. The lowest BCUT2D eigenvalue weighted by atomic mass is 9.97. The molecule has 0 saturated carbocycles. The zero-order chi connectivity index (χ0) is 33.3. The lowest BCUT2D eigenvalue weighted by Gasteiger charge is -2.41. The van der Waals surface area contributed by atoms with Crippen molar-refractivity contribution < 1.29 is 24.2 Å². The fraction of sp³-hybridized carbons (Fsp3) is 0.514. The molecule has 3 aromatic rings. The molecule has 3 aliphatic rings. The second-order valence-electron chi connectivity index (χ2n) is 13.8. The molecule has 1 aromatic heterocycles. The van der Waals surface area contributed by atoms with Crippen LogP contribution in [0.1, 0.15) is 51.3 Å². The third kappa shape index (κ3) is 6.90. The van der Waals surface area contributed by atoms with Gasteiger partial charge in [-0.05, 0) is 65.1 Å². The number of amides is 1. The number of rotatable bonds is 7. The van der Waals surface area contributed by atoms with Crippen LogP contribution in [0.2, 0.25) is 0 Å². The number of ether oxygens (including phenoxy) is 2. The quantitative estimate of drug-likeness (QED) is 0.284. The topological polar surface area (TPSA) is 135 Å². The Morgan fingerprint density at radius 1 is 1.06 bits per heavy atom.